The molecular weight excluding hydrogens is 402 g/mol. The molecule has 1 aromatic heterocycles. The number of nitrogens with zero attached hydrogens (tertiary/aromatic N) is 1. The van der Waals surface area contributed by atoms with Gasteiger partial charge >= 0.3 is 0 Å². The van der Waals surface area contributed by atoms with Gasteiger partial charge in [0.15, 0.2) is 0 Å². The van der Waals surface area contributed by atoms with Crippen LogP contribution in [0.2, 0.25) is 0 Å². The maximum absolute atomic E-state index is 12.7. The molecule has 3 aromatic carbocycles. The van der Waals surface area contributed by atoms with Gasteiger partial charge in [0, 0.05) is 41.9 Å². The van der Waals surface area contributed by atoms with E-state index in [1.807, 2.05) is 72.9 Å². The summed E-state index contributed by atoms with van der Waals surface area (Å²) in [5, 5.41) is 4.02. The number of anilines is 1. The van der Waals surface area contributed by atoms with Crippen molar-refractivity contribution in [3.8, 4) is 5.75 Å². The number of fused-ring (bicyclic) bond motifs is 2. The van der Waals surface area contributed by atoms with Crippen LogP contribution in [0.4, 0.5) is 11.4 Å². The van der Waals surface area contributed by atoms with Gasteiger partial charge in [-0.1, -0.05) is 12.1 Å². The third kappa shape index (κ3) is 4.13. The maximum Gasteiger partial charge on any atom is 0.255 e. The van der Waals surface area contributed by atoms with Gasteiger partial charge in [-0.2, -0.15) is 0 Å². The Morgan fingerprint density at radius 3 is 2.75 bits per heavy atom. The van der Waals surface area contributed by atoms with Crippen LogP contribution >= 0.6 is 0 Å². The van der Waals surface area contributed by atoms with Crippen LogP contribution in [0.3, 0.4) is 0 Å². The molecule has 6 nitrogen and oxygen atoms in total. The number of amides is 1. The van der Waals surface area contributed by atoms with Gasteiger partial charge in [0.2, 0.25) is 0 Å². The standard InChI is InChI=1S/C26H23N3O3/c1-31-12-13-32-22-7-9-24-20(15-22)16-25(29-24)17-2-4-18(5-3-17)26(30)28-21-6-8-23-19(14-21)10-11-27-23/h2-11,14-15,27H,12-13,16H2,1H3,(H,28,30). The van der Waals surface area contributed by atoms with Gasteiger partial charge in [0.25, 0.3) is 5.91 Å². The molecule has 1 amide bonds. The minimum atomic E-state index is -0.138. The van der Waals surface area contributed by atoms with E-state index >= 15 is 0 Å². The molecular formula is C26H23N3O3. The Labute approximate surface area is 185 Å². The third-order valence-corrected chi connectivity index (χ3v) is 5.51. The van der Waals surface area contributed by atoms with E-state index < -0.39 is 0 Å². The van der Waals surface area contributed by atoms with Gasteiger partial charge in [-0.3, -0.25) is 9.79 Å². The highest BCUT2D eigenvalue weighted by Gasteiger charge is 2.17. The number of hydrogen-bond acceptors (Lipinski definition) is 4. The lowest BCUT2D eigenvalue weighted by molar-refractivity contribution is 0.102. The zero-order chi connectivity index (χ0) is 21.9. The van der Waals surface area contributed by atoms with Crippen LogP contribution in [-0.2, 0) is 11.2 Å². The Morgan fingerprint density at radius 2 is 1.91 bits per heavy atom. The summed E-state index contributed by atoms with van der Waals surface area (Å²) in [6.45, 7) is 1.07. The highest BCUT2D eigenvalue weighted by Crippen LogP contribution is 2.32. The van der Waals surface area contributed by atoms with Crippen molar-refractivity contribution in [3.05, 3.63) is 89.6 Å². The molecule has 2 heterocycles. The number of methoxy groups -OCH3 is 1. The van der Waals surface area contributed by atoms with Crippen molar-refractivity contribution in [2.24, 2.45) is 4.99 Å². The highest BCUT2D eigenvalue weighted by molar-refractivity contribution is 6.08. The predicted octanol–water partition coefficient (Wildman–Crippen LogP) is 5.12. The van der Waals surface area contributed by atoms with Crippen molar-refractivity contribution in [2.75, 3.05) is 25.6 Å². The van der Waals surface area contributed by atoms with Crippen LogP contribution in [0, 0.1) is 0 Å². The molecule has 4 aromatic rings. The molecule has 0 saturated heterocycles. The van der Waals surface area contributed by atoms with Gasteiger partial charge < -0.3 is 19.8 Å². The average Bonchev–Trinajstić information content (AvgIpc) is 3.45. The predicted molar refractivity (Wildman–Crippen MR) is 126 cm³/mol. The van der Waals surface area contributed by atoms with Gasteiger partial charge in [0.05, 0.1) is 18.0 Å². The molecule has 160 valence electrons. The number of rotatable bonds is 7. The van der Waals surface area contributed by atoms with Gasteiger partial charge in [-0.25, -0.2) is 0 Å². The number of carbonyl (C=O) groups is 1. The van der Waals surface area contributed by atoms with E-state index in [1.165, 1.54) is 0 Å². The molecule has 0 fully saturated rings. The first-order valence-corrected chi connectivity index (χ1v) is 10.5. The second kappa shape index (κ2) is 8.69. The van der Waals surface area contributed by atoms with Crippen molar-refractivity contribution in [3.63, 3.8) is 0 Å². The first-order valence-electron chi connectivity index (χ1n) is 10.5. The smallest absolute Gasteiger partial charge is 0.255 e. The number of aliphatic imine (C=N–C) groups is 1. The summed E-state index contributed by atoms with van der Waals surface area (Å²) in [6.07, 6.45) is 2.62. The lowest BCUT2D eigenvalue weighted by atomic mass is 10.0. The molecule has 1 aliphatic heterocycles. The quantitative estimate of drug-likeness (QED) is 0.404. The Hall–Kier alpha value is -3.90. The summed E-state index contributed by atoms with van der Waals surface area (Å²) < 4.78 is 10.7. The summed E-state index contributed by atoms with van der Waals surface area (Å²) >= 11 is 0. The second-order valence-corrected chi connectivity index (χ2v) is 7.68. The number of H-pyrrole nitrogens is 1. The average molecular weight is 425 g/mol. The van der Waals surface area contributed by atoms with E-state index in [4.69, 9.17) is 14.5 Å². The molecule has 0 bridgehead atoms. The number of hydrogen-bond donors (Lipinski definition) is 2. The van der Waals surface area contributed by atoms with Crippen molar-refractivity contribution >= 4 is 33.9 Å². The van der Waals surface area contributed by atoms with Crippen LogP contribution < -0.4 is 10.1 Å². The monoisotopic (exact) mass is 425 g/mol. The van der Waals surface area contributed by atoms with Gasteiger partial charge in [-0.05, 0) is 65.7 Å². The zero-order valence-corrected chi connectivity index (χ0v) is 17.7. The molecule has 5 rings (SSSR count). The molecule has 2 N–H and O–H groups in total. The van der Waals surface area contributed by atoms with Crippen LogP contribution in [0.25, 0.3) is 10.9 Å². The number of carbonyl (C=O) groups excluding carboxylic acids is 1. The zero-order valence-electron chi connectivity index (χ0n) is 17.7. The minimum absolute atomic E-state index is 0.138. The normalized spacial score (nSPS) is 12.5. The second-order valence-electron chi connectivity index (χ2n) is 7.68. The number of aromatic amines is 1. The van der Waals surface area contributed by atoms with Crippen LogP contribution in [0.15, 0.2) is 77.9 Å². The maximum atomic E-state index is 12.7. The summed E-state index contributed by atoms with van der Waals surface area (Å²) in [6, 6.07) is 21.3. The first-order chi connectivity index (χ1) is 15.7. The minimum Gasteiger partial charge on any atom is -0.491 e. The van der Waals surface area contributed by atoms with Crippen molar-refractivity contribution in [1.29, 1.82) is 0 Å². The molecule has 0 aliphatic carbocycles. The Morgan fingerprint density at radius 1 is 1.03 bits per heavy atom. The van der Waals surface area contributed by atoms with E-state index in [1.54, 1.807) is 7.11 Å². The molecule has 0 spiro atoms. The van der Waals surface area contributed by atoms with Crippen molar-refractivity contribution in [2.45, 2.75) is 6.42 Å². The third-order valence-electron chi connectivity index (χ3n) is 5.51. The number of ether oxygens (including phenoxy) is 2. The molecule has 0 radical (unpaired) electrons. The number of nitrogens with one attached hydrogen (secondary N) is 2. The molecule has 6 heteroatoms. The van der Waals surface area contributed by atoms with Crippen LogP contribution in [0.1, 0.15) is 21.5 Å². The van der Waals surface area contributed by atoms with Crippen LogP contribution in [-0.4, -0.2) is 36.9 Å². The van der Waals surface area contributed by atoms with Crippen LogP contribution in [0.5, 0.6) is 5.75 Å². The van der Waals surface area contributed by atoms with Crippen molar-refractivity contribution < 1.29 is 14.3 Å². The fourth-order valence-corrected chi connectivity index (χ4v) is 3.83. The highest BCUT2D eigenvalue weighted by atomic mass is 16.5. The molecule has 32 heavy (non-hydrogen) atoms. The lowest BCUT2D eigenvalue weighted by Crippen LogP contribution is -2.12. The van der Waals surface area contributed by atoms with E-state index in [9.17, 15) is 4.79 Å². The summed E-state index contributed by atoms with van der Waals surface area (Å²) in [5.74, 6) is 0.683. The Bertz CT molecular complexity index is 1310. The SMILES string of the molecule is COCCOc1ccc2c(c1)CC(c1ccc(C(=O)Nc3ccc4[nH]ccc4c3)cc1)=N2. The van der Waals surface area contributed by atoms with E-state index in [0.717, 1.165) is 51.3 Å². The fraction of sp³-hybridized carbons (Fsp3) is 0.154. The van der Waals surface area contributed by atoms with E-state index in [-0.39, 0.29) is 5.91 Å². The van der Waals surface area contributed by atoms with E-state index in [0.29, 0.717) is 18.8 Å². The summed E-state index contributed by atoms with van der Waals surface area (Å²) in [5.41, 5.74) is 6.50. The molecule has 0 atom stereocenters. The Kier molecular flexibility index (Phi) is 5.44. The summed E-state index contributed by atoms with van der Waals surface area (Å²) in [7, 11) is 1.66. The largest absolute Gasteiger partial charge is 0.491 e. The first kappa shape index (κ1) is 20.0. The summed E-state index contributed by atoms with van der Waals surface area (Å²) in [4.78, 5) is 20.6. The van der Waals surface area contributed by atoms with Gasteiger partial charge in [0.1, 0.15) is 12.4 Å². The molecule has 1 aliphatic rings. The lowest BCUT2D eigenvalue weighted by Gasteiger charge is -2.07. The topological polar surface area (TPSA) is 75.7 Å². The number of aromatic nitrogens is 1. The van der Waals surface area contributed by atoms with Crippen molar-refractivity contribution in [1.82, 2.24) is 4.98 Å². The van der Waals surface area contributed by atoms with E-state index in [2.05, 4.69) is 10.3 Å². The molecule has 0 unspecified atom stereocenters. The Balaban J connectivity index is 1.25. The fourth-order valence-electron chi connectivity index (χ4n) is 3.83. The molecule has 0 saturated carbocycles. The number of benzene rings is 3. The van der Waals surface area contributed by atoms with Gasteiger partial charge in [-0.15, -0.1) is 0 Å².